The molecule has 0 unspecified atom stereocenters. The van der Waals surface area contributed by atoms with Gasteiger partial charge in [0.25, 0.3) is 10.0 Å². The van der Waals surface area contributed by atoms with E-state index in [4.69, 9.17) is 22.4 Å². The van der Waals surface area contributed by atoms with Gasteiger partial charge in [0.05, 0.1) is 5.56 Å². The molecule has 1 aromatic carbocycles. The van der Waals surface area contributed by atoms with Gasteiger partial charge in [-0.25, -0.2) is 18.2 Å². The molecule has 0 bridgehead atoms. The van der Waals surface area contributed by atoms with Crippen LogP contribution in [0.2, 0.25) is 5.28 Å². The second-order valence-corrected chi connectivity index (χ2v) is 5.87. The van der Waals surface area contributed by atoms with E-state index in [1.54, 1.807) is 0 Å². The highest BCUT2D eigenvalue weighted by Gasteiger charge is 2.23. The van der Waals surface area contributed by atoms with Crippen molar-refractivity contribution in [1.82, 2.24) is 9.97 Å². The third-order valence-electron chi connectivity index (χ3n) is 2.39. The van der Waals surface area contributed by atoms with Crippen LogP contribution < -0.4 is 10.5 Å². The Morgan fingerprint density at radius 3 is 2.67 bits per heavy atom. The zero-order valence-corrected chi connectivity index (χ0v) is 11.9. The van der Waals surface area contributed by atoms with Crippen LogP contribution in [0, 0.1) is 0 Å². The van der Waals surface area contributed by atoms with E-state index < -0.39 is 26.5 Å². The Morgan fingerprint density at radius 1 is 1.33 bits per heavy atom. The number of carboxylic acids is 1. The maximum Gasteiger partial charge on any atom is 0.337 e. The fourth-order valence-electron chi connectivity index (χ4n) is 1.53. The number of hydrogen-bond donors (Lipinski definition) is 3. The van der Waals surface area contributed by atoms with Crippen LogP contribution in [0.15, 0.2) is 35.4 Å². The first-order valence-corrected chi connectivity index (χ1v) is 7.30. The molecule has 0 aliphatic rings. The summed E-state index contributed by atoms with van der Waals surface area (Å²) in [6, 6.07) is 4.73. The molecule has 1 aromatic heterocycles. The van der Waals surface area contributed by atoms with Gasteiger partial charge in [0.2, 0.25) is 5.28 Å². The first kappa shape index (κ1) is 15.0. The number of nitrogens with one attached hydrogen (secondary N) is 1. The highest BCUT2D eigenvalue weighted by atomic mass is 35.5. The Bertz CT molecular complexity index is 810. The summed E-state index contributed by atoms with van der Waals surface area (Å²) in [7, 11) is -4.16. The van der Waals surface area contributed by atoms with Crippen LogP contribution in [0.1, 0.15) is 10.4 Å². The minimum absolute atomic E-state index is 0.0804. The Hall–Kier alpha value is -2.39. The normalized spacial score (nSPS) is 11.1. The SMILES string of the molecule is Nc1ccc(S(=O)(=O)Nc2ccnc(Cl)n2)c(C(=O)O)c1. The molecule has 0 aliphatic heterocycles. The smallest absolute Gasteiger partial charge is 0.337 e. The van der Waals surface area contributed by atoms with Crippen LogP contribution in [-0.2, 0) is 10.0 Å². The van der Waals surface area contributed by atoms with E-state index in [-0.39, 0.29) is 16.8 Å². The number of sulfonamides is 1. The summed E-state index contributed by atoms with van der Waals surface area (Å²) in [6.07, 6.45) is 1.26. The number of halogens is 1. The number of aromatic nitrogens is 2. The van der Waals surface area contributed by atoms with E-state index >= 15 is 0 Å². The molecular formula is C11H9ClN4O4S. The summed E-state index contributed by atoms with van der Waals surface area (Å²) in [5, 5.41) is 8.92. The third kappa shape index (κ3) is 3.38. The molecule has 8 nitrogen and oxygen atoms in total. The predicted octanol–water partition coefficient (Wildman–Crippen LogP) is 1.21. The minimum atomic E-state index is -4.16. The molecule has 1 heterocycles. The quantitative estimate of drug-likeness (QED) is 0.567. The van der Waals surface area contributed by atoms with Crippen LogP contribution in [-0.4, -0.2) is 29.5 Å². The highest BCUT2D eigenvalue weighted by Crippen LogP contribution is 2.21. The topological polar surface area (TPSA) is 135 Å². The van der Waals surface area contributed by atoms with Gasteiger partial charge in [-0.2, -0.15) is 4.98 Å². The molecule has 0 amide bonds. The van der Waals surface area contributed by atoms with Gasteiger partial charge in [0.15, 0.2) is 0 Å². The Morgan fingerprint density at radius 2 is 2.05 bits per heavy atom. The predicted molar refractivity (Wildman–Crippen MR) is 75.7 cm³/mol. The van der Waals surface area contributed by atoms with Crippen molar-refractivity contribution in [2.75, 3.05) is 10.5 Å². The zero-order valence-electron chi connectivity index (χ0n) is 10.3. The van der Waals surface area contributed by atoms with Crippen LogP contribution in [0.3, 0.4) is 0 Å². The first-order valence-electron chi connectivity index (χ1n) is 5.44. The molecule has 2 aromatic rings. The lowest BCUT2D eigenvalue weighted by Gasteiger charge is -2.10. The van der Waals surface area contributed by atoms with Crippen LogP contribution in [0.25, 0.3) is 0 Å². The van der Waals surface area contributed by atoms with Gasteiger partial charge in [0.1, 0.15) is 10.7 Å². The molecule has 0 atom stereocenters. The number of carboxylic acid groups (broad SMARTS) is 1. The van der Waals surface area contributed by atoms with E-state index in [2.05, 4.69) is 14.7 Å². The molecule has 0 radical (unpaired) electrons. The number of carbonyl (C=O) groups is 1. The molecule has 0 saturated carbocycles. The lowest BCUT2D eigenvalue weighted by atomic mass is 10.2. The van der Waals surface area contributed by atoms with E-state index in [9.17, 15) is 13.2 Å². The second-order valence-electron chi connectivity index (χ2n) is 3.88. The summed E-state index contributed by atoms with van der Waals surface area (Å²) in [6.45, 7) is 0. The van der Waals surface area contributed by atoms with E-state index in [0.29, 0.717) is 0 Å². The van der Waals surface area contributed by atoms with Crippen LogP contribution in [0.4, 0.5) is 11.5 Å². The maximum absolute atomic E-state index is 12.2. The largest absolute Gasteiger partial charge is 0.478 e. The number of hydrogen-bond acceptors (Lipinski definition) is 6. The van der Waals surface area contributed by atoms with Crippen LogP contribution >= 0.6 is 11.6 Å². The van der Waals surface area contributed by atoms with Crippen LogP contribution in [0.5, 0.6) is 0 Å². The summed E-state index contributed by atoms with van der Waals surface area (Å²) in [5.41, 5.74) is 5.16. The minimum Gasteiger partial charge on any atom is -0.478 e. The van der Waals surface area contributed by atoms with Crippen molar-refractivity contribution in [3.05, 3.63) is 41.3 Å². The molecule has 0 aliphatic carbocycles. The monoisotopic (exact) mass is 328 g/mol. The van der Waals surface area contributed by atoms with Crippen molar-refractivity contribution in [2.24, 2.45) is 0 Å². The molecule has 2 rings (SSSR count). The number of benzene rings is 1. The molecule has 10 heteroatoms. The van der Waals surface area contributed by atoms with Crippen molar-refractivity contribution in [1.29, 1.82) is 0 Å². The molecule has 0 spiro atoms. The standard InChI is InChI=1S/C11H9ClN4O4S/c12-11-14-4-3-9(15-11)16-21(19,20)8-2-1-6(13)5-7(8)10(17)18/h1-5H,13H2,(H,17,18)(H,14,15,16). The van der Waals surface area contributed by atoms with Crippen molar-refractivity contribution >= 4 is 39.1 Å². The molecular weight excluding hydrogens is 320 g/mol. The molecule has 21 heavy (non-hydrogen) atoms. The number of anilines is 2. The summed E-state index contributed by atoms with van der Waals surface area (Å²) < 4.78 is 26.6. The average Bonchev–Trinajstić information content (AvgIpc) is 2.37. The zero-order chi connectivity index (χ0) is 15.6. The Kier molecular flexibility index (Phi) is 3.96. The Labute approximate surface area is 124 Å². The lowest BCUT2D eigenvalue weighted by Crippen LogP contribution is -2.18. The molecule has 0 fully saturated rings. The van der Waals surface area contributed by atoms with Crippen molar-refractivity contribution in [2.45, 2.75) is 4.90 Å². The third-order valence-corrected chi connectivity index (χ3v) is 3.98. The number of nitrogens with two attached hydrogens (primary N) is 1. The average molecular weight is 329 g/mol. The summed E-state index contributed by atoms with van der Waals surface area (Å²) >= 11 is 5.55. The Balaban J connectivity index is 2.47. The van der Waals surface area contributed by atoms with Gasteiger partial charge < -0.3 is 10.8 Å². The number of nitrogens with zero attached hydrogens (tertiary/aromatic N) is 2. The summed E-state index contributed by atoms with van der Waals surface area (Å²) in [4.78, 5) is 18.0. The van der Waals surface area contributed by atoms with E-state index in [0.717, 1.165) is 12.1 Å². The van der Waals surface area contributed by atoms with Gasteiger partial charge in [-0.3, -0.25) is 4.72 Å². The molecule has 4 N–H and O–H groups in total. The number of rotatable bonds is 4. The maximum atomic E-state index is 12.2. The number of aromatic carboxylic acids is 1. The molecule has 110 valence electrons. The van der Waals surface area contributed by atoms with Crippen molar-refractivity contribution in [3.63, 3.8) is 0 Å². The van der Waals surface area contributed by atoms with Gasteiger partial charge in [0, 0.05) is 11.9 Å². The van der Waals surface area contributed by atoms with Gasteiger partial charge in [-0.1, -0.05) is 0 Å². The first-order chi connectivity index (χ1) is 9.79. The fraction of sp³-hybridized carbons (Fsp3) is 0. The van der Waals surface area contributed by atoms with Gasteiger partial charge in [-0.15, -0.1) is 0 Å². The highest BCUT2D eigenvalue weighted by molar-refractivity contribution is 7.92. The summed E-state index contributed by atoms with van der Waals surface area (Å²) in [5.74, 6) is -1.49. The second kappa shape index (κ2) is 5.54. The van der Waals surface area contributed by atoms with Gasteiger partial charge >= 0.3 is 5.97 Å². The van der Waals surface area contributed by atoms with E-state index in [1.807, 2.05) is 0 Å². The molecule has 0 saturated heterocycles. The van der Waals surface area contributed by atoms with Crippen molar-refractivity contribution in [3.8, 4) is 0 Å². The van der Waals surface area contributed by atoms with Gasteiger partial charge in [-0.05, 0) is 35.9 Å². The lowest BCUT2D eigenvalue weighted by molar-refractivity contribution is 0.0692. The number of nitrogen functional groups attached to an aromatic ring is 1. The van der Waals surface area contributed by atoms with E-state index in [1.165, 1.54) is 18.3 Å². The fourth-order valence-corrected chi connectivity index (χ4v) is 2.86. The van der Waals surface area contributed by atoms with Crippen molar-refractivity contribution < 1.29 is 18.3 Å².